The smallest absolute Gasteiger partial charge is 0.253 e. The van der Waals surface area contributed by atoms with Gasteiger partial charge in [-0.1, -0.05) is 31.0 Å². The van der Waals surface area contributed by atoms with Gasteiger partial charge in [-0.2, -0.15) is 0 Å². The Hall–Kier alpha value is -2.34. The molecule has 0 aliphatic carbocycles. The summed E-state index contributed by atoms with van der Waals surface area (Å²) in [6, 6.07) is 9.28. The van der Waals surface area contributed by atoms with Crippen molar-refractivity contribution in [3.05, 3.63) is 57.7 Å². The minimum Gasteiger partial charge on any atom is -0.368 e. The first-order valence-electron chi connectivity index (χ1n) is 9.40. The molecule has 0 N–H and O–H groups in total. The van der Waals surface area contributed by atoms with Gasteiger partial charge in [-0.3, -0.25) is 14.2 Å². The van der Waals surface area contributed by atoms with Crippen molar-refractivity contribution in [3.63, 3.8) is 0 Å². The molecular formula is C20H25ClN4O2. The highest BCUT2D eigenvalue weighted by Crippen LogP contribution is 2.20. The van der Waals surface area contributed by atoms with Crippen LogP contribution in [0.25, 0.3) is 0 Å². The summed E-state index contributed by atoms with van der Waals surface area (Å²) in [5, 5.41) is 0.709. The van der Waals surface area contributed by atoms with E-state index >= 15 is 0 Å². The lowest BCUT2D eigenvalue weighted by atomic mass is 10.2. The van der Waals surface area contributed by atoms with Gasteiger partial charge in [0.15, 0.2) is 0 Å². The van der Waals surface area contributed by atoms with Crippen molar-refractivity contribution in [2.24, 2.45) is 0 Å². The average molecular weight is 389 g/mol. The van der Waals surface area contributed by atoms with Gasteiger partial charge in [0.2, 0.25) is 5.91 Å². The molecule has 1 aliphatic heterocycles. The number of amides is 1. The summed E-state index contributed by atoms with van der Waals surface area (Å²) in [6.07, 6.45) is 4.36. The maximum Gasteiger partial charge on any atom is 0.253 e. The molecule has 2 aromatic rings. The molecule has 1 saturated heterocycles. The molecule has 144 valence electrons. The second kappa shape index (κ2) is 9.04. The van der Waals surface area contributed by atoms with Gasteiger partial charge in [0.25, 0.3) is 5.56 Å². The first-order chi connectivity index (χ1) is 13.1. The fourth-order valence-corrected chi connectivity index (χ4v) is 3.39. The molecule has 0 saturated carbocycles. The van der Waals surface area contributed by atoms with Crippen molar-refractivity contribution in [3.8, 4) is 0 Å². The summed E-state index contributed by atoms with van der Waals surface area (Å²) < 4.78 is 1.39. The minimum atomic E-state index is -0.165. The number of unbranched alkanes of at least 4 members (excludes halogenated alkanes) is 1. The highest BCUT2D eigenvalue weighted by atomic mass is 35.5. The monoisotopic (exact) mass is 388 g/mol. The molecule has 1 aromatic carbocycles. The van der Waals surface area contributed by atoms with Crippen LogP contribution in [0.5, 0.6) is 0 Å². The lowest BCUT2D eigenvalue weighted by Gasteiger charge is -2.36. The Morgan fingerprint density at radius 2 is 1.96 bits per heavy atom. The van der Waals surface area contributed by atoms with Crippen LogP contribution in [0, 0.1) is 0 Å². The van der Waals surface area contributed by atoms with Crippen LogP contribution in [-0.4, -0.2) is 46.5 Å². The Morgan fingerprint density at radius 3 is 2.63 bits per heavy atom. The normalized spacial score (nSPS) is 14.4. The van der Waals surface area contributed by atoms with Gasteiger partial charge in [0.1, 0.15) is 6.54 Å². The summed E-state index contributed by atoms with van der Waals surface area (Å²) in [5.74, 6) is -0.0500. The van der Waals surface area contributed by atoms with Crippen LogP contribution in [0.1, 0.15) is 25.5 Å². The molecule has 1 amide bonds. The summed E-state index contributed by atoms with van der Waals surface area (Å²) in [4.78, 5) is 33.1. The topological polar surface area (TPSA) is 58.4 Å². The standard InChI is InChI=1S/C20H25ClN4O2/c1-2-3-6-17-13-19(26)25(15-22-17)14-20(27)24-10-8-23(9-11-24)18-7-4-5-16(21)12-18/h4-5,7,12-13,15H,2-3,6,8-11,14H2,1H3. The molecule has 1 aromatic heterocycles. The third kappa shape index (κ3) is 5.10. The minimum absolute atomic E-state index is 0.0387. The van der Waals surface area contributed by atoms with E-state index in [0.717, 1.165) is 43.7 Å². The van der Waals surface area contributed by atoms with Crippen molar-refractivity contribution in [2.45, 2.75) is 32.7 Å². The molecule has 27 heavy (non-hydrogen) atoms. The molecule has 1 fully saturated rings. The molecule has 0 bridgehead atoms. The van der Waals surface area contributed by atoms with Crippen LogP contribution in [0.4, 0.5) is 5.69 Å². The van der Waals surface area contributed by atoms with E-state index < -0.39 is 0 Å². The molecule has 2 heterocycles. The summed E-state index contributed by atoms with van der Waals surface area (Å²) >= 11 is 6.06. The van der Waals surface area contributed by atoms with Crippen molar-refractivity contribution in [1.82, 2.24) is 14.5 Å². The number of carbonyl (C=O) groups is 1. The van der Waals surface area contributed by atoms with Crippen LogP contribution >= 0.6 is 11.6 Å². The number of aryl methyl sites for hydroxylation is 1. The van der Waals surface area contributed by atoms with E-state index in [-0.39, 0.29) is 18.0 Å². The van der Waals surface area contributed by atoms with Gasteiger partial charge in [0, 0.05) is 48.6 Å². The summed E-state index contributed by atoms with van der Waals surface area (Å²) in [5.41, 5.74) is 1.69. The molecule has 1 aliphatic rings. The number of nitrogens with zero attached hydrogens (tertiary/aromatic N) is 4. The van der Waals surface area contributed by atoms with Gasteiger partial charge in [-0.25, -0.2) is 4.98 Å². The third-order valence-corrected chi connectivity index (χ3v) is 5.07. The lowest BCUT2D eigenvalue weighted by molar-refractivity contribution is -0.132. The molecule has 0 atom stereocenters. The zero-order valence-electron chi connectivity index (χ0n) is 15.6. The average Bonchev–Trinajstić information content (AvgIpc) is 2.68. The van der Waals surface area contributed by atoms with Gasteiger partial charge in [0.05, 0.1) is 6.33 Å². The van der Waals surface area contributed by atoms with E-state index in [0.29, 0.717) is 18.1 Å². The Bertz CT molecular complexity index is 844. The zero-order valence-corrected chi connectivity index (χ0v) is 16.4. The second-order valence-corrected chi connectivity index (χ2v) is 7.23. The molecule has 3 rings (SSSR count). The summed E-state index contributed by atoms with van der Waals surface area (Å²) in [7, 11) is 0. The zero-order chi connectivity index (χ0) is 19.2. The van der Waals surface area contributed by atoms with Crippen molar-refractivity contribution in [2.75, 3.05) is 31.1 Å². The molecule has 7 heteroatoms. The van der Waals surface area contributed by atoms with Crippen molar-refractivity contribution >= 4 is 23.2 Å². The predicted molar refractivity (Wildman–Crippen MR) is 107 cm³/mol. The number of hydrogen-bond acceptors (Lipinski definition) is 4. The number of carbonyl (C=O) groups excluding carboxylic acids is 1. The van der Waals surface area contributed by atoms with Crippen LogP contribution in [-0.2, 0) is 17.8 Å². The lowest BCUT2D eigenvalue weighted by Crippen LogP contribution is -2.50. The molecular weight excluding hydrogens is 364 g/mol. The van der Waals surface area contributed by atoms with Crippen molar-refractivity contribution in [1.29, 1.82) is 0 Å². The quantitative estimate of drug-likeness (QED) is 0.763. The highest BCUT2D eigenvalue weighted by molar-refractivity contribution is 6.30. The first kappa shape index (κ1) is 19.4. The van der Waals surface area contributed by atoms with Crippen LogP contribution in [0.15, 0.2) is 41.5 Å². The van der Waals surface area contributed by atoms with Gasteiger partial charge >= 0.3 is 0 Å². The number of benzene rings is 1. The number of piperazine rings is 1. The fourth-order valence-electron chi connectivity index (χ4n) is 3.21. The second-order valence-electron chi connectivity index (χ2n) is 6.80. The largest absolute Gasteiger partial charge is 0.368 e. The maximum absolute atomic E-state index is 12.6. The number of anilines is 1. The van der Waals surface area contributed by atoms with Crippen LogP contribution < -0.4 is 10.5 Å². The maximum atomic E-state index is 12.6. The van der Waals surface area contributed by atoms with E-state index in [9.17, 15) is 9.59 Å². The van der Waals surface area contributed by atoms with Crippen LogP contribution in [0.2, 0.25) is 5.02 Å². The Morgan fingerprint density at radius 1 is 1.19 bits per heavy atom. The fraction of sp³-hybridized carbons (Fsp3) is 0.450. The highest BCUT2D eigenvalue weighted by Gasteiger charge is 2.21. The number of aromatic nitrogens is 2. The number of halogens is 1. The van der Waals surface area contributed by atoms with Gasteiger partial charge in [-0.15, -0.1) is 0 Å². The molecule has 0 unspecified atom stereocenters. The van der Waals surface area contributed by atoms with Gasteiger partial charge in [-0.05, 0) is 31.0 Å². The Kier molecular flexibility index (Phi) is 6.50. The first-order valence-corrected chi connectivity index (χ1v) is 9.78. The van der Waals surface area contributed by atoms with E-state index in [1.165, 1.54) is 10.9 Å². The van der Waals surface area contributed by atoms with E-state index in [4.69, 9.17) is 11.6 Å². The van der Waals surface area contributed by atoms with Gasteiger partial charge < -0.3 is 9.80 Å². The van der Waals surface area contributed by atoms with E-state index in [1.807, 2.05) is 24.3 Å². The third-order valence-electron chi connectivity index (χ3n) is 4.83. The Labute approximate surface area is 164 Å². The van der Waals surface area contributed by atoms with E-state index in [1.54, 1.807) is 11.0 Å². The summed E-state index contributed by atoms with van der Waals surface area (Å²) in [6.45, 7) is 4.89. The number of hydrogen-bond donors (Lipinski definition) is 0. The number of rotatable bonds is 6. The molecule has 0 spiro atoms. The predicted octanol–water partition coefficient (Wildman–Crippen LogP) is 2.59. The van der Waals surface area contributed by atoms with Crippen LogP contribution in [0.3, 0.4) is 0 Å². The molecule has 0 radical (unpaired) electrons. The SMILES string of the molecule is CCCCc1cc(=O)n(CC(=O)N2CCN(c3cccc(Cl)c3)CC2)cn1. The van der Waals surface area contributed by atoms with Crippen molar-refractivity contribution < 1.29 is 4.79 Å². The van der Waals surface area contributed by atoms with E-state index in [2.05, 4.69) is 16.8 Å². The Balaban J connectivity index is 1.56. The molecule has 6 nitrogen and oxygen atoms in total.